The van der Waals surface area contributed by atoms with Crippen LogP contribution >= 0.6 is 23.1 Å². The van der Waals surface area contributed by atoms with Crippen LogP contribution < -0.4 is 5.56 Å². The lowest BCUT2D eigenvalue weighted by Crippen LogP contribution is -2.29. The molecule has 0 saturated carbocycles. The molecule has 4 aromatic rings. The number of amides is 1. The van der Waals surface area contributed by atoms with Gasteiger partial charge in [0.25, 0.3) is 5.56 Å². The smallest absolute Gasteiger partial charge is 0.263 e. The van der Waals surface area contributed by atoms with E-state index >= 15 is 0 Å². The van der Waals surface area contributed by atoms with E-state index in [4.69, 9.17) is 9.72 Å². The molecule has 6 nitrogen and oxygen atoms in total. The average molecular weight is 498 g/mol. The van der Waals surface area contributed by atoms with E-state index in [2.05, 4.69) is 0 Å². The quantitative estimate of drug-likeness (QED) is 0.258. The van der Waals surface area contributed by atoms with Gasteiger partial charge < -0.3 is 9.64 Å². The van der Waals surface area contributed by atoms with Gasteiger partial charge in [-0.15, -0.1) is 11.3 Å². The number of methoxy groups -OCH3 is 1. The molecule has 0 bridgehead atoms. The van der Waals surface area contributed by atoms with Gasteiger partial charge in [-0.25, -0.2) is 9.37 Å². The summed E-state index contributed by atoms with van der Waals surface area (Å²) in [5, 5.41) is 2.23. The molecular weight excluding hydrogens is 473 g/mol. The monoisotopic (exact) mass is 497 g/mol. The maximum atomic E-state index is 13.7. The minimum atomic E-state index is -0.564. The molecule has 1 amide bonds. The van der Waals surface area contributed by atoms with Gasteiger partial charge >= 0.3 is 0 Å². The first-order valence-electron chi connectivity index (χ1n) is 10.6. The first kappa shape index (κ1) is 24.1. The molecule has 4 rings (SSSR count). The number of thiophene rings is 1. The molecule has 9 heteroatoms. The van der Waals surface area contributed by atoms with E-state index in [9.17, 15) is 14.0 Å². The Bertz CT molecular complexity index is 1350. The zero-order valence-electron chi connectivity index (χ0n) is 19.0. The number of ether oxygens (including phenoxy) is 1. The summed E-state index contributed by atoms with van der Waals surface area (Å²) in [7, 11) is 4.99. The van der Waals surface area contributed by atoms with Crippen LogP contribution in [0.2, 0.25) is 0 Å². The largest absolute Gasteiger partial charge is 0.383 e. The van der Waals surface area contributed by atoms with Crippen LogP contribution in [-0.4, -0.2) is 48.2 Å². The van der Waals surface area contributed by atoms with E-state index in [1.54, 1.807) is 42.8 Å². The van der Waals surface area contributed by atoms with E-state index in [-0.39, 0.29) is 23.8 Å². The minimum Gasteiger partial charge on any atom is -0.383 e. The average Bonchev–Trinajstić information content (AvgIpc) is 3.27. The molecule has 0 aliphatic rings. The standard InChI is InChI=1S/C25H24FN3O3S2/c1-28(2)24(31)21(17-7-5-4-6-8-17)34-25-27-22-20(23(30)29(25)13-14-32-3)19(15-33-22)16-9-11-18(26)12-10-16/h4-12,15,21H,13-14H2,1-3H3/t21-/m1/s1. The van der Waals surface area contributed by atoms with Crippen LogP contribution in [0.5, 0.6) is 0 Å². The number of carbonyl (C=O) groups is 1. The van der Waals surface area contributed by atoms with Crippen molar-refractivity contribution in [2.45, 2.75) is 17.0 Å². The zero-order valence-corrected chi connectivity index (χ0v) is 20.7. The molecule has 34 heavy (non-hydrogen) atoms. The highest BCUT2D eigenvalue weighted by Crippen LogP contribution is 2.38. The van der Waals surface area contributed by atoms with Crippen molar-refractivity contribution in [1.82, 2.24) is 14.5 Å². The second-order valence-corrected chi connectivity index (χ2v) is 9.75. The molecule has 0 unspecified atom stereocenters. The van der Waals surface area contributed by atoms with Gasteiger partial charge in [-0.2, -0.15) is 0 Å². The molecule has 0 radical (unpaired) electrons. The topological polar surface area (TPSA) is 64.4 Å². The van der Waals surface area contributed by atoms with E-state index in [0.29, 0.717) is 27.5 Å². The van der Waals surface area contributed by atoms with E-state index in [0.717, 1.165) is 11.1 Å². The number of aromatic nitrogens is 2. The van der Waals surface area contributed by atoms with Gasteiger partial charge in [0.2, 0.25) is 5.91 Å². The second-order valence-electron chi connectivity index (χ2n) is 7.82. The predicted octanol–water partition coefficient (Wildman–Crippen LogP) is 4.83. The normalized spacial score (nSPS) is 12.1. The molecule has 0 N–H and O–H groups in total. The van der Waals surface area contributed by atoms with Gasteiger partial charge in [-0.05, 0) is 23.3 Å². The molecule has 0 fully saturated rings. The predicted molar refractivity (Wildman–Crippen MR) is 135 cm³/mol. The van der Waals surface area contributed by atoms with E-state index in [1.807, 2.05) is 35.7 Å². The van der Waals surface area contributed by atoms with Gasteiger partial charge in [-0.1, -0.05) is 54.2 Å². The molecule has 2 aromatic carbocycles. The maximum Gasteiger partial charge on any atom is 0.263 e. The Morgan fingerprint density at radius 3 is 2.53 bits per heavy atom. The van der Waals surface area contributed by atoms with E-state index < -0.39 is 5.25 Å². The molecule has 0 aliphatic carbocycles. The number of thioether (sulfide) groups is 1. The Hall–Kier alpha value is -3.01. The third kappa shape index (κ3) is 4.91. The summed E-state index contributed by atoms with van der Waals surface area (Å²) in [6.07, 6.45) is 0. The lowest BCUT2D eigenvalue weighted by molar-refractivity contribution is -0.128. The summed E-state index contributed by atoms with van der Waals surface area (Å²) < 4.78 is 20.2. The van der Waals surface area contributed by atoms with Gasteiger partial charge in [0.15, 0.2) is 5.16 Å². The van der Waals surface area contributed by atoms with Crippen molar-refractivity contribution in [2.24, 2.45) is 0 Å². The lowest BCUT2D eigenvalue weighted by atomic mass is 10.1. The van der Waals surface area contributed by atoms with Crippen LogP contribution in [0.15, 0.2) is 69.9 Å². The van der Waals surface area contributed by atoms with Crippen molar-refractivity contribution in [1.29, 1.82) is 0 Å². The third-order valence-corrected chi connectivity index (χ3v) is 7.43. The molecule has 0 aliphatic heterocycles. The Morgan fingerprint density at radius 1 is 1.18 bits per heavy atom. The fraction of sp³-hybridized carbons (Fsp3) is 0.240. The lowest BCUT2D eigenvalue weighted by Gasteiger charge is -2.21. The van der Waals surface area contributed by atoms with Crippen molar-refractivity contribution in [2.75, 3.05) is 27.8 Å². The molecule has 0 saturated heterocycles. The highest BCUT2D eigenvalue weighted by Gasteiger charge is 2.27. The van der Waals surface area contributed by atoms with Crippen LogP contribution in [-0.2, 0) is 16.1 Å². The first-order chi connectivity index (χ1) is 16.4. The molecule has 2 heterocycles. The number of rotatable bonds is 8. The fourth-order valence-electron chi connectivity index (χ4n) is 3.55. The molecular formula is C25H24FN3O3S2. The van der Waals surface area contributed by atoms with Crippen molar-refractivity contribution >= 4 is 39.2 Å². The number of benzene rings is 2. The Morgan fingerprint density at radius 2 is 1.88 bits per heavy atom. The molecule has 0 spiro atoms. The molecule has 176 valence electrons. The Labute approximate surface area is 205 Å². The number of hydrogen-bond acceptors (Lipinski definition) is 6. The fourth-order valence-corrected chi connectivity index (χ4v) is 5.80. The van der Waals surface area contributed by atoms with Crippen LogP contribution in [0.25, 0.3) is 21.3 Å². The van der Waals surface area contributed by atoms with Crippen molar-refractivity contribution in [3.63, 3.8) is 0 Å². The number of likely N-dealkylation sites (N-methyl/N-ethyl adjacent to an activating group) is 1. The second kappa shape index (κ2) is 10.5. The van der Waals surface area contributed by atoms with Crippen LogP contribution in [0.1, 0.15) is 10.8 Å². The summed E-state index contributed by atoms with van der Waals surface area (Å²) in [6, 6.07) is 15.5. The summed E-state index contributed by atoms with van der Waals surface area (Å²) in [5.74, 6) is -0.433. The van der Waals surface area contributed by atoms with Crippen molar-refractivity contribution in [3.05, 3.63) is 81.7 Å². The summed E-state index contributed by atoms with van der Waals surface area (Å²) >= 11 is 2.61. The summed E-state index contributed by atoms with van der Waals surface area (Å²) in [5.41, 5.74) is 2.07. The Kier molecular flexibility index (Phi) is 7.45. The summed E-state index contributed by atoms with van der Waals surface area (Å²) in [6.45, 7) is 0.602. The number of carbonyl (C=O) groups excluding carboxylic acids is 1. The third-order valence-electron chi connectivity index (χ3n) is 5.32. The number of nitrogens with zero attached hydrogens (tertiary/aromatic N) is 3. The molecule has 2 aromatic heterocycles. The highest BCUT2D eigenvalue weighted by atomic mass is 32.2. The molecule has 1 atom stereocenters. The number of fused-ring (bicyclic) bond motifs is 1. The number of halogens is 1. The SMILES string of the molecule is COCCn1c(S[C@@H](C(=O)N(C)C)c2ccccc2)nc2scc(-c3ccc(F)cc3)c2c1=O. The zero-order chi connectivity index (χ0) is 24.2. The Balaban J connectivity index is 1.85. The number of hydrogen-bond donors (Lipinski definition) is 0. The first-order valence-corrected chi connectivity index (χ1v) is 12.4. The van der Waals surface area contributed by atoms with Crippen LogP contribution in [0.4, 0.5) is 4.39 Å². The van der Waals surface area contributed by atoms with Gasteiger partial charge in [0, 0.05) is 32.1 Å². The van der Waals surface area contributed by atoms with Crippen molar-refractivity contribution < 1.29 is 13.9 Å². The summed E-state index contributed by atoms with van der Waals surface area (Å²) in [4.78, 5) is 33.7. The van der Waals surface area contributed by atoms with Gasteiger partial charge in [-0.3, -0.25) is 14.2 Å². The van der Waals surface area contributed by atoms with Crippen LogP contribution in [0.3, 0.4) is 0 Å². The minimum absolute atomic E-state index is 0.0954. The maximum absolute atomic E-state index is 13.7. The highest BCUT2D eigenvalue weighted by molar-refractivity contribution is 8.00. The van der Waals surface area contributed by atoms with E-state index in [1.165, 1.54) is 35.2 Å². The van der Waals surface area contributed by atoms with Crippen molar-refractivity contribution in [3.8, 4) is 11.1 Å². The van der Waals surface area contributed by atoms with Gasteiger partial charge in [0.05, 0.1) is 18.5 Å². The van der Waals surface area contributed by atoms with Crippen LogP contribution in [0, 0.1) is 5.82 Å². The van der Waals surface area contributed by atoms with Gasteiger partial charge in [0.1, 0.15) is 15.9 Å².